The summed E-state index contributed by atoms with van der Waals surface area (Å²) in [5, 5.41) is 6.08. The molecule has 0 saturated heterocycles. The van der Waals surface area contributed by atoms with Crippen LogP contribution in [0.4, 0.5) is 0 Å². The van der Waals surface area contributed by atoms with Gasteiger partial charge in [0.2, 0.25) is 5.91 Å². The molecule has 1 aliphatic rings. The van der Waals surface area contributed by atoms with E-state index in [1.165, 1.54) is 6.42 Å². The van der Waals surface area contributed by atoms with Gasteiger partial charge in [-0.15, -0.1) is 0 Å². The van der Waals surface area contributed by atoms with Crippen molar-refractivity contribution in [1.82, 2.24) is 10.6 Å². The predicted molar refractivity (Wildman–Crippen MR) is 53.5 cm³/mol. The minimum absolute atomic E-state index is 0.115. The first-order valence-corrected chi connectivity index (χ1v) is 5.06. The molecule has 13 heavy (non-hydrogen) atoms. The first-order valence-electron chi connectivity index (χ1n) is 5.06. The van der Waals surface area contributed by atoms with E-state index in [1.54, 1.807) is 0 Å². The number of carbonyl (C=O) groups excluding carboxylic acids is 1. The van der Waals surface area contributed by atoms with Gasteiger partial charge in [-0.25, -0.2) is 0 Å². The van der Waals surface area contributed by atoms with Gasteiger partial charge in [0.1, 0.15) is 0 Å². The lowest BCUT2D eigenvalue weighted by Gasteiger charge is -2.06. The van der Waals surface area contributed by atoms with Gasteiger partial charge in [0.05, 0.1) is 6.54 Å². The smallest absolute Gasteiger partial charge is 0.233 e. The Balaban J connectivity index is 2.03. The van der Waals surface area contributed by atoms with Crippen LogP contribution in [0.3, 0.4) is 0 Å². The lowest BCUT2D eigenvalue weighted by Crippen LogP contribution is -2.36. The van der Waals surface area contributed by atoms with Gasteiger partial charge in [-0.05, 0) is 18.3 Å². The molecule has 3 heteroatoms. The van der Waals surface area contributed by atoms with Crippen LogP contribution in [0.25, 0.3) is 0 Å². The molecule has 1 aliphatic carbocycles. The van der Waals surface area contributed by atoms with E-state index in [1.807, 2.05) is 0 Å². The molecule has 1 fully saturated rings. The van der Waals surface area contributed by atoms with Crippen LogP contribution >= 0.6 is 0 Å². The van der Waals surface area contributed by atoms with Crippen molar-refractivity contribution in [2.45, 2.75) is 39.7 Å². The SMILES string of the molecule is CCCNC(=O)CNC1CC1(C)C. The van der Waals surface area contributed by atoms with E-state index in [0.29, 0.717) is 18.0 Å². The number of amides is 1. The zero-order chi connectivity index (χ0) is 9.90. The van der Waals surface area contributed by atoms with Crippen molar-refractivity contribution in [3.63, 3.8) is 0 Å². The summed E-state index contributed by atoms with van der Waals surface area (Å²) >= 11 is 0. The van der Waals surface area contributed by atoms with Crippen molar-refractivity contribution >= 4 is 5.91 Å². The number of rotatable bonds is 5. The van der Waals surface area contributed by atoms with Gasteiger partial charge in [-0.2, -0.15) is 0 Å². The lowest BCUT2D eigenvalue weighted by atomic mass is 10.2. The van der Waals surface area contributed by atoms with Gasteiger partial charge in [0.15, 0.2) is 0 Å². The van der Waals surface area contributed by atoms with E-state index in [4.69, 9.17) is 0 Å². The monoisotopic (exact) mass is 184 g/mol. The van der Waals surface area contributed by atoms with Crippen LogP contribution in [0, 0.1) is 5.41 Å². The molecule has 0 aliphatic heterocycles. The third-order valence-electron chi connectivity index (χ3n) is 2.59. The van der Waals surface area contributed by atoms with Crippen LogP contribution in [-0.4, -0.2) is 25.0 Å². The van der Waals surface area contributed by atoms with Crippen LogP contribution in [0.5, 0.6) is 0 Å². The third-order valence-corrected chi connectivity index (χ3v) is 2.59. The number of nitrogens with one attached hydrogen (secondary N) is 2. The molecule has 76 valence electrons. The molecule has 1 rings (SSSR count). The van der Waals surface area contributed by atoms with Crippen molar-refractivity contribution in [2.75, 3.05) is 13.1 Å². The second-order valence-corrected chi connectivity index (χ2v) is 4.48. The third kappa shape index (κ3) is 3.35. The zero-order valence-corrected chi connectivity index (χ0v) is 8.81. The zero-order valence-electron chi connectivity index (χ0n) is 8.81. The van der Waals surface area contributed by atoms with Gasteiger partial charge in [-0.1, -0.05) is 20.8 Å². The van der Waals surface area contributed by atoms with E-state index in [9.17, 15) is 4.79 Å². The van der Waals surface area contributed by atoms with Gasteiger partial charge in [-0.3, -0.25) is 4.79 Å². The Bertz CT molecular complexity index is 189. The Morgan fingerprint density at radius 3 is 2.62 bits per heavy atom. The van der Waals surface area contributed by atoms with Crippen LogP contribution in [0.2, 0.25) is 0 Å². The summed E-state index contributed by atoms with van der Waals surface area (Å²) in [4.78, 5) is 11.2. The van der Waals surface area contributed by atoms with Crippen LogP contribution < -0.4 is 10.6 Å². The maximum Gasteiger partial charge on any atom is 0.233 e. The van der Waals surface area contributed by atoms with Gasteiger partial charge in [0.25, 0.3) is 0 Å². The second-order valence-electron chi connectivity index (χ2n) is 4.48. The van der Waals surface area contributed by atoms with E-state index in [2.05, 4.69) is 31.4 Å². The van der Waals surface area contributed by atoms with Crippen LogP contribution in [0.15, 0.2) is 0 Å². The molecule has 0 radical (unpaired) electrons. The largest absolute Gasteiger partial charge is 0.355 e. The highest BCUT2D eigenvalue weighted by molar-refractivity contribution is 5.78. The Morgan fingerprint density at radius 2 is 2.15 bits per heavy atom. The van der Waals surface area contributed by atoms with Crippen LogP contribution in [-0.2, 0) is 4.79 Å². The summed E-state index contributed by atoms with van der Waals surface area (Å²) in [6.45, 7) is 7.74. The minimum atomic E-state index is 0.115. The highest BCUT2D eigenvalue weighted by atomic mass is 16.1. The van der Waals surface area contributed by atoms with Crippen molar-refractivity contribution < 1.29 is 4.79 Å². The average Bonchev–Trinajstić information content (AvgIpc) is 2.67. The first kappa shape index (κ1) is 10.5. The Kier molecular flexibility index (Phi) is 3.31. The number of hydrogen-bond donors (Lipinski definition) is 2. The summed E-state index contributed by atoms with van der Waals surface area (Å²) in [6, 6.07) is 0.542. The fourth-order valence-corrected chi connectivity index (χ4v) is 1.36. The molecule has 1 amide bonds. The molecule has 0 aromatic carbocycles. The summed E-state index contributed by atoms with van der Waals surface area (Å²) in [5.41, 5.74) is 0.408. The number of carbonyl (C=O) groups is 1. The van der Waals surface area contributed by atoms with E-state index in [0.717, 1.165) is 13.0 Å². The molecule has 3 nitrogen and oxygen atoms in total. The molecule has 0 bridgehead atoms. The van der Waals surface area contributed by atoms with Crippen LogP contribution in [0.1, 0.15) is 33.6 Å². The van der Waals surface area contributed by atoms with Gasteiger partial charge >= 0.3 is 0 Å². The van der Waals surface area contributed by atoms with E-state index in [-0.39, 0.29) is 5.91 Å². The normalized spacial score (nSPS) is 24.1. The standard InChI is InChI=1S/C10H20N2O/c1-4-5-11-9(13)7-12-8-6-10(8,2)3/h8,12H,4-7H2,1-3H3,(H,11,13). The molecule has 0 aromatic heterocycles. The molecule has 0 heterocycles. The summed E-state index contributed by atoms with van der Waals surface area (Å²) in [5.74, 6) is 0.115. The summed E-state index contributed by atoms with van der Waals surface area (Å²) in [6.07, 6.45) is 2.19. The molecule has 2 N–H and O–H groups in total. The molecule has 0 spiro atoms. The molecule has 1 saturated carbocycles. The Morgan fingerprint density at radius 1 is 1.54 bits per heavy atom. The van der Waals surface area contributed by atoms with Crippen molar-refractivity contribution in [3.8, 4) is 0 Å². The molecular weight excluding hydrogens is 164 g/mol. The van der Waals surface area contributed by atoms with E-state index >= 15 is 0 Å². The quantitative estimate of drug-likeness (QED) is 0.666. The molecule has 1 unspecified atom stereocenters. The average molecular weight is 184 g/mol. The summed E-state index contributed by atoms with van der Waals surface area (Å²) < 4.78 is 0. The van der Waals surface area contributed by atoms with E-state index < -0.39 is 0 Å². The van der Waals surface area contributed by atoms with Crippen molar-refractivity contribution in [3.05, 3.63) is 0 Å². The maximum atomic E-state index is 11.2. The highest BCUT2D eigenvalue weighted by Gasteiger charge is 2.45. The highest BCUT2D eigenvalue weighted by Crippen LogP contribution is 2.44. The molecule has 1 atom stereocenters. The maximum absolute atomic E-state index is 11.2. The predicted octanol–water partition coefficient (Wildman–Crippen LogP) is 0.901. The molecular formula is C10H20N2O. The minimum Gasteiger partial charge on any atom is -0.355 e. The van der Waals surface area contributed by atoms with Crippen molar-refractivity contribution in [1.29, 1.82) is 0 Å². The topological polar surface area (TPSA) is 41.1 Å². The fraction of sp³-hybridized carbons (Fsp3) is 0.900. The second kappa shape index (κ2) is 4.09. The fourth-order valence-electron chi connectivity index (χ4n) is 1.36. The molecule has 0 aromatic rings. The number of hydrogen-bond acceptors (Lipinski definition) is 2. The summed E-state index contributed by atoms with van der Waals surface area (Å²) in [7, 11) is 0. The van der Waals surface area contributed by atoms with Gasteiger partial charge in [0, 0.05) is 12.6 Å². The van der Waals surface area contributed by atoms with Crippen molar-refractivity contribution in [2.24, 2.45) is 5.41 Å². The Labute approximate surface area is 80.3 Å². The van der Waals surface area contributed by atoms with Gasteiger partial charge < -0.3 is 10.6 Å². The Hall–Kier alpha value is -0.570. The first-order chi connectivity index (χ1) is 6.06. The lowest BCUT2D eigenvalue weighted by molar-refractivity contribution is -0.120.